The van der Waals surface area contributed by atoms with Gasteiger partial charge in [-0.25, -0.2) is 0 Å². The first kappa shape index (κ1) is 14.4. The molecule has 18 heavy (non-hydrogen) atoms. The maximum atomic E-state index is 11.1. The number of amides is 1. The molecule has 1 aromatic rings. The zero-order chi connectivity index (χ0) is 13.5. The number of ether oxygens (including phenoxy) is 2. The van der Waals surface area contributed by atoms with Crippen LogP contribution in [-0.2, 0) is 4.74 Å². The molecule has 6 nitrogen and oxygen atoms in total. The number of hydrogen-bond donors (Lipinski definition) is 1. The van der Waals surface area contributed by atoms with E-state index in [4.69, 9.17) is 26.8 Å². The Hall–Kier alpha value is -1.66. The number of nitrogens with zero attached hydrogens (tertiary/aromatic N) is 1. The second-order valence-electron chi connectivity index (χ2n) is 3.46. The van der Waals surface area contributed by atoms with E-state index in [0.29, 0.717) is 19.6 Å². The number of benzene rings is 1. The summed E-state index contributed by atoms with van der Waals surface area (Å²) in [6.07, 6.45) is 0.650. The Morgan fingerprint density at radius 1 is 1.44 bits per heavy atom. The van der Waals surface area contributed by atoms with Crippen molar-refractivity contribution in [3.8, 4) is 5.75 Å². The molecule has 1 amide bonds. The van der Waals surface area contributed by atoms with Crippen molar-refractivity contribution in [2.45, 2.75) is 6.42 Å². The van der Waals surface area contributed by atoms with Crippen LogP contribution in [-0.4, -0.2) is 26.2 Å². The molecule has 0 saturated carbocycles. The standard InChI is InChI=1S/C11H13ClN2O4/c1-17-3-2-4-18-9-6-7(11(13)15)5-8(14-16)10(9)12/h5-6H,2-4H2,1H3,(H2,13,15). The number of primary amides is 1. The molecule has 0 aliphatic carbocycles. The summed E-state index contributed by atoms with van der Waals surface area (Å²) in [6, 6.07) is 2.60. The van der Waals surface area contributed by atoms with Crippen LogP contribution in [0, 0.1) is 4.91 Å². The number of carbonyl (C=O) groups excluding carboxylic acids is 1. The highest BCUT2D eigenvalue weighted by molar-refractivity contribution is 6.34. The highest BCUT2D eigenvalue weighted by Gasteiger charge is 2.13. The van der Waals surface area contributed by atoms with Crippen LogP contribution in [0.2, 0.25) is 5.02 Å². The Labute approximate surface area is 109 Å². The van der Waals surface area contributed by atoms with E-state index in [1.165, 1.54) is 12.1 Å². The summed E-state index contributed by atoms with van der Waals surface area (Å²) in [5, 5.41) is 2.79. The van der Waals surface area contributed by atoms with Crippen LogP contribution < -0.4 is 10.5 Å². The van der Waals surface area contributed by atoms with Crippen LogP contribution >= 0.6 is 11.6 Å². The lowest BCUT2D eigenvalue weighted by Crippen LogP contribution is -2.11. The molecule has 0 heterocycles. The number of carbonyl (C=O) groups is 1. The topological polar surface area (TPSA) is 91.0 Å². The maximum Gasteiger partial charge on any atom is 0.248 e. The van der Waals surface area contributed by atoms with Crippen LogP contribution in [0.4, 0.5) is 5.69 Å². The van der Waals surface area contributed by atoms with E-state index in [1.54, 1.807) is 7.11 Å². The van der Waals surface area contributed by atoms with Gasteiger partial charge in [-0.05, 0) is 17.3 Å². The van der Waals surface area contributed by atoms with Crippen molar-refractivity contribution in [3.63, 3.8) is 0 Å². The molecule has 0 spiro atoms. The number of methoxy groups -OCH3 is 1. The molecule has 0 aliphatic rings. The van der Waals surface area contributed by atoms with Gasteiger partial charge in [0.1, 0.15) is 16.5 Å². The number of nitroso groups, excluding NO2 is 1. The second-order valence-corrected chi connectivity index (χ2v) is 3.84. The second kappa shape index (κ2) is 6.93. The van der Waals surface area contributed by atoms with E-state index < -0.39 is 5.91 Å². The van der Waals surface area contributed by atoms with Crippen molar-refractivity contribution in [2.75, 3.05) is 20.3 Å². The van der Waals surface area contributed by atoms with E-state index >= 15 is 0 Å². The monoisotopic (exact) mass is 272 g/mol. The van der Waals surface area contributed by atoms with Crippen molar-refractivity contribution in [3.05, 3.63) is 27.6 Å². The molecule has 1 rings (SSSR count). The summed E-state index contributed by atoms with van der Waals surface area (Å²) < 4.78 is 10.2. The van der Waals surface area contributed by atoms with Gasteiger partial charge < -0.3 is 15.2 Å². The van der Waals surface area contributed by atoms with E-state index in [9.17, 15) is 9.70 Å². The lowest BCUT2D eigenvalue weighted by atomic mass is 10.2. The smallest absolute Gasteiger partial charge is 0.248 e. The van der Waals surface area contributed by atoms with Crippen molar-refractivity contribution >= 4 is 23.2 Å². The van der Waals surface area contributed by atoms with Crippen LogP contribution in [0.1, 0.15) is 16.8 Å². The third-order valence-corrected chi connectivity index (χ3v) is 2.53. The molecule has 0 aliphatic heterocycles. The van der Waals surface area contributed by atoms with E-state index in [2.05, 4.69) is 5.18 Å². The molecule has 0 bridgehead atoms. The van der Waals surface area contributed by atoms with Gasteiger partial charge >= 0.3 is 0 Å². The number of hydrogen-bond acceptors (Lipinski definition) is 5. The molecule has 0 aromatic heterocycles. The Morgan fingerprint density at radius 2 is 2.17 bits per heavy atom. The summed E-state index contributed by atoms with van der Waals surface area (Å²) in [6.45, 7) is 0.875. The van der Waals surface area contributed by atoms with Crippen molar-refractivity contribution in [1.29, 1.82) is 0 Å². The van der Waals surface area contributed by atoms with Gasteiger partial charge in [-0.3, -0.25) is 4.79 Å². The van der Waals surface area contributed by atoms with Crippen molar-refractivity contribution in [2.24, 2.45) is 10.9 Å². The summed E-state index contributed by atoms with van der Waals surface area (Å²) in [5.41, 5.74) is 5.18. The molecular weight excluding hydrogens is 260 g/mol. The average molecular weight is 273 g/mol. The molecule has 0 fully saturated rings. The van der Waals surface area contributed by atoms with Crippen molar-refractivity contribution < 1.29 is 14.3 Å². The van der Waals surface area contributed by atoms with E-state index in [-0.39, 0.29) is 22.0 Å². The van der Waals surface area contributed by atoms with Gasteiger partial charge in [0.2, 0.25) is 5.91 Å². The van der Waals surface area contributed by atoms with Crippen LogP contribution in [0.5, 0.6) is 5.75 Å². The molecule has 0 radical (unpaired) electrons. The summed E-state index contributed by atoms with van der Waals surface area (Å²) >= 11 is 5.90. The maximum absolute atomic E-state index is 11.1. The molecule has 7 heteroatoms. The van der Waals surface area contributed by atoms with Crippen LogP contribution in [0.15, 0.2) is 17.3 Å². The quantitative estimate of drug-likeness (QED) is 0.609. The fourth-order valence-corrected chi connectivity index (χ4v) is 1.48. The first-order valence-electron chi connectivity index (χ1n) is 5.18. The Bertz CT molecular complexity index is 451. The predicted octanol–water partition coefficient (Wildman–Crippen LogP) is 2.25. The fraction of sp³-hybridized carbons (Fsp3) is 0.364. The van der Waals surface area contributed by atoms with Crippen LogP contribution in [0.3, 0.4) is 0 Å². The lowest BCUT2D eigenvalue weighted by Gasteiger charge is -2.09. The summed E-state index contributed by atoms with van der Waals surface area (Å²) in [4.78, 5) is 21.6. The minimum atomic E-state index is -0.682. The molecule has 98 valence electrons. The molecule has 0 unspecified atom stereocenters. The molecule has 1 aromatic carbocycles. The lowest BCUT2D eigenvalue weighted by molar-refractivity contribution is 0.0999. The number of nitrogens with two attached hydrogens (primary N) is 1. The van der Waals surface area contributed by atoms with E-state index in [1.807, 2.05) is 0 Å². The highest BCUT2D eigenvalue weighted by Crippen LogP contribution is 2.35. The predicted molar refractivity (Wildman–Crippen MR) is 67.4 cm³/mol. The first-order chi connectivity index (χ1) is 8.60. The van der Waals surface area contributed by atoms with Gasteiger partial charge in [0.05, 0.1) is 6.61 Å². The van der Waals surface area contributed by atoms with Gasteiger partial charge in [0.15, 0.2) is 0 Å². The Kier molecular flexibility index (Phi) is 5.54. The minimum absolute atomic E-state index is 0.0624. The average Bonchev–Trinajstić information content (AvgIpc) is 2.36. The van der Waals surface area contributed by atoms with Gasteiger partial charge in [0, 0.05) is 25.7 Å². The summed E-state index contributed by atoms with van der Waals surface area (Å²) in [7, 11) is 1.58. The number of halogens is 1. The zero-order valence-corrected chi connectivity index (χ0v) is 10.6. The zero-order valence-electron chi connectivity index (χ0n) is 9.81. The van der Waals surface area contributed by atoms with Gasteiger partial charge in [-0.1, -0.05) is 11.6 Å². The number of rotatable bonds is 7. The molecule has 0 saturated heterocycles. The molecular formula is C11H13ClN2O4. The molecule has 2 N–H and O–H groups in total. The van der Waals surface area contributed by atoms with Gasteiger partial charge in [-0.15, -0.1) is 4.91 Å². The third-order valence-electron chi connectivity index (χ3n) is 2.15. The van der Waals surface area contributed by atoms with Gasteiger partial charge in [0.25, 0.3) is 0 Å². The third kappa shape index (κ3) is 3.68. The highest BCUT2D eigenvalue weighted by atomic mass is 35.5. The van der Waals surface area contributed by atoms with Gasteiger partial charge in [-0.2, -0.15) is 0 Å². The minimum Gasteiger partial charge on any atom is -0.492 e. The van der Waals surface area contributed by atoms with Crippen LogP contribution in [0.25, 0.3) is 0 Å². The van der Waals surface area contributed by atoms with Crippen molar-refractivity contribution in [1.82, 2.24) is 0 Å². The SMILES string of the molecule is COCCCOc1cc(C(N)=O)cc(N=O)c1Cl. The Balaban J connectivity index is 2.91. The fourth-order valence-electron chi connectivity index (χ4n) is 1.28. The first-order valence-corrected chi connectivity index (χ1v) is 5.56. The summed E-state index contributed by atoms with van der Waals surface area (Å²) in [5.74, 6) is -0.475. The van der Waals surface area contributed by atoms with E-state index in [0.717, 1.165) is 0 Å². The molecule has 0 atom stereocenters. The Morgan fingerprint density at radius 3 is 2.72 bits per heavy atom. The normalized spacial score (nSPS) is 10.1. The largest absolute Gasteiger partial charge is 0.492 e.